The van der Waals surface area contributed by atoms with Crippen molar-refractivity contribution < 1.29 is 19.1 Å². The molecule has 0 aliphatic rings. The summed E-state index contributed by atoms with van der Waals surface area (Å²) < 4.78 is 4.83. The highest BCUT2D eigenvalue weighted by Crippen LogP contribution is 2.12. The van der Waals surface area contributed by atoms with Crippen LogP contribution in [0.3, 0.4) is 0 Å². The molecular weight excluding hydrogens is 404 g/mol. The average Bonchev–Trinajstić information content (AvgIpc) is 2.69. The summed E-state index contributed by atoms with van der Waals surface area (Å²) in [5.41, 5.74) is 5.90. The van der Waals surface area contributed by atoms with E-state index in [2.05, 4.69) is 28.6 Å². The minimum absolute atomic E-state index is 0.00141. The van der Waals surface area contributed by atoms with Crippen LogP contribution in [-0.4, -0.2) is 61.4 Å². The zero-order valence-corrected chi connectivity index (χ0v) is 20.4. The number of carbonyl (C=O) groups is 3. The standard InChI is InChI=1S/C21H42N4O4S/c1-8-14(6)18(20(27)24-16(9-12(2)3)21(28)29-7)25-19(26)17(13(4)5)23-10-15(22)11-30/h12-18,23,30H,8-11,22H2,1-7H3,(H,24,27)(H,25,26). The number of hydrogen-bond acceptors (Lipinski definition) is 7. The predicted molar refractivity (Wildman–Crippen MR) is 123 cm³/mol. The van der Waals surface area contributed by atoms with Crippen LogP contribution in [0.2, 0.25) is 0 Å². The van der Waals surface area contributed by atoms with Crippen molar-refractivity contribution in [1.82, 2.24) is 16.0 Å². The molecule has 9 heteroatoms. The third-order valence-corrected chi connectivity index (χ3v) is 5.56. The Morgan fingerprint density at radius 2 is 1.57 bits per heavy atom. The number of ether oxygens (including phenoxy) is 1. The second-order valence-corrected chi connectivity index (χ2v) is 9.02. The van der Waals surface area contributed by atoms with Gasteiger partial charge in [-0.2, -0.15) is 12.6 Å². The second-order valence-electron chi connectivity index (χ2n) is 8.66. The Morgan fingerprint density at radius 3 is 2.00 bits per heavy atom. The summed E-state index contributed by atoms with van der Waals surface area (Å²) >= 11 is 4.17. The average molecular weight is 447 g/mol. The van der Waals surface area contributed by atoms with Gasteiger partial charge in [0.2, 0.25) is 11.8 Å². The third kappa shape index (κ3) is 10.1. The topological polar surface area (TPSA) is 123 Å². The molecule has 0 saturated carbocycles. The number of nitrogens with one attached hydrogen (secondary N) is 3. The van der Waals surface area contributed by atoms with Gasteiger partial charge in [0.1, 0.15) is 12.1 Å². The van der Waals surface area contributed by atoms with E-state index in [4.69, 9.17) is 10.5 Å². The smallest absolute Gasteiger partial charge is 0.328 e. The van der Waals surface area contributed by atoms with Crippen LogP contribution >= 0.6 is 12.6 Å². The van der Waals surface area contributed by atoms with Crippen LogP contribution in [0.1, 0.15) is 54.4 Å². The normalized spacial score (nSPS) is 16.5. The lowest BCUT2D eigenvalue weighted by atomic mass is 9.95. The van der Waals surface area contributed by atoms with Gasteiger partial charge in [-0.3, -0.25) is 9.59 Å². The quantitative estimate of drug-likeness (QED) is 0.201. The van der Waals surface area contributed by atoms with Gasteiger partial charge in [0, 0.05) is 18.3 Å². The maximum absolute atomic E-state index is 13.0. The summed E-state index contributed by atoms with van der Waals surface area (Å²) in [6.45, 7) is 12.1. The zero-order chi connectivity index (χ0) is 23.4. The molecule has 30 heavy (non-hydrogen) atoms. The van der Waals surface area contributed by atoms with Crippen molar-refractivity contribution in [1.29, 1.82) is 0 Å². The van der Waals surface area contributed by atoms with Crippen molar-refractivity contribution in [3.05, 3.63) is 0 Å². The molecule has 0 aliphatic heterocycles. The van der Waals surface area contributed by atoms with E-state index in [-0.39, 0.29) is 35.6 Å². The van der Waals surface area contributed by atoms with Crippen LogP contribution in [0, 0.1) is 17.8 Å². The molecule has 0 radical (unpaired) electrons. The molecule has 0 rings (SSSR count). The highest BCUT2D eigenvalue weighted by atomic mass is 32.1. The Labute approximate surface area is 187 Å². The first-order valence-electron chi connectivity index (χ1n) is 10.8. The van der Waals surface area contributed by atoms with Crippen molar-refractivity contribution >= 4 is 30.4 Å². The summed E-state index contributed by atoms with van der Waals surface area (Å²) in [6.07, 6.45) is 1.15. The van der Waals surface area contributed by atoms with Crippen LogP contribution in [0.5, 0.6) is 0 Å². The number of amides is 2. The van der Waals surface area contributed by atoms with Crippen LogP contribution in [0.25, 0.3) is 0 Å². The fraction of sp³-hybridized carbons (Fsp3) is 0.857. The summed E-state index contributed by atoms with van der Waals surface area (Å²) in [4.78, 5) is 38.1. The van der Waals surface area contributed by atoms with Gasteiger partial charge in [0.05, 0.1) is 13.2 Å². The van der Waals surface area contributed by atoms with Crippen molar-refractivity contribution in [2.24, 2.45) is 23.5 Å². The van der Waals surface area contributed by atoms with E-state index in [9.17, 15) is 14.4 Å². The SMILES string of the molecule is CCC(C)C(NC(=O)C(NCC(N)CS)C(C)C)C(=O)NC(CC(C)C)C(=O)OC. The molecule has 0 heterocycles. The highest BCUT2D eigenvalue weighted by Gasteiger charge is 2.33. The molecule has 176 valence electrons. The summed E-state index contributed by atoms with van der Waals surface area (Å²) in [7, 11) is 1.30. The molecule has 0 aromatic heterocycles. The van der Waals surface area contributed by atoms with Crippen molar-refractivity contribution in [3.8, 4) is 0 Å². The second kappa shape index (κ2) is 14.6. The van der Waals surface area contributed by atoms with Crippen molar-refractivity contribution in [3.63, 3.8) is 0 Å². The monoisotopic (exact) mass is 446 g/mol. The van der Waals surface area contributed by atoms with Crippen molar-refractivity contribution in [2.75, 3.05) is 19.4 Å². The summed E-state index contributed by atoms with van der Waals surface area (Å²) in [6, 6.07) is -2.18. The molecule has 0 spiro atoms. The molecular formula is C21H42N4O4S. The summed E-state index contributed by atoms with van der Waals surface area (Å²) in [5, 5.41) is 8.82. The first-order chi connectivity index (χ1) is 14.0. The van der Waals surface area contributed by atoms with Gasteiger partial charge in [0.25, 0.3) is 0 Å². The minimum atomic E-state index is -0.761. The van der Waals surface area contributed by atoms with E-state index < -0.39 is 24.1 Å². The Hall–Kier alpha value is -1.32. The number of esters is 1. The number of hydrogen-bond donors (Lipinski definition) is 5. The molecule has 0 aliphatic carbocycles. The van der Waals surface area contributed by atoms with Crippen LogP contribution in [0.15, 0.2) is 0 Å². The minimum Gasteiger partial charge on any atom is -0.467 e. The molecule has 5 N–H and O–H groups in total. The number of methoxy groups -OCH3 is 1. The highest BCUT2D eigenvalue weighted by molar-refractivity contribution is 7.80. The zero-order valence-electron chi connectivity index (χ0n) is 19.5. The lowest BCUT2D eigenvalue weighted by Gasteiger charge is -2.29. The van der Waals surface area contributed by atoms with Gasteiger partial charge in [-0.05, 0) is 24.2 Å². The largest absolute Gasteiger partial charge is 0.467 e. The van der Waals surface area contributed by atoms with E-state index in [0.717, 1.165) is 0 Å². The van der Waals surface area contributed by atoms with E-state index in [1.165, 1.54) is 7.11 Å². The lowest BCUT2D eigenvalue weighted by Crippen LogP contribution is -2.59. The Balaban J connectivity index is 5.38. The maximum Gasteiger partial charge on any atom is 0.328 e. The van der Waals surface area contributed by atoms with Crippen LogP contribution in [0.4, 0.5) is 0 Å². The Bertz CT molecular complexity index is 545. The third-order valence-electron chi connectivity index (χ3n) is 5.09. The van der Waals surface area contributed by atoms with E-state index in [1.807, 2.05) is 41.5 Å². The molecule has 5 atom stereocenters. The fourth-order valence-electron chi connectivity index (χ4n) is 3.01. The molecule has 8 nitrogen and oxygen atoms in total. The van der Waals surface area contributed by atoms with Gasteiger partial charge in [-0.25, -0.2) is 4.79 Å². The molecule has 5 unspecified atom stereocenters. The van der Waals surface area contributed by atoms with Gasteiger partial charge in [-0.1, -0.05) is 48.0 Å². The number of rotatable bonds is 14. The van der Waals surface area contributed by atoms with E-state index in [1.54, 1.807) is 0 Å². The van der Waals surface area contributed by atoms with Gasteiger partial charge in [0.15, 0.2) is 0 Å². The van der Waals surface area contributed by atoms with Crippen LogP contribution < -0.4 is 21.7 Å². The molecule has 2 amide bonds. The van der Waals surface area contributed by atoms with Gasteiger partial charge >= 0.3 is 5.97 Å². The van der Waals surface area contributed by atoms with Gasteiger partial charge in [-0.15, -0.1) is 0 Å². The molecule has 0 bridgehead atoms. The molecule has 0 saturated heterocycles. The number of nitrogens with two attached hydrogens (primary N) is 1. The summed E-state index contributed by atoms with van der Waals surface area (Å²) in [5.74, 6) is -0.563. The van der Waals surface area contributed by atoms with Gasteiger partial charge < -0.3 is 26.4 Å². The first kappa shape index (κ1) is 28.7. The predicted octanol–water partition coefficient (Wildman–Crippen LogP) is 1.09. The van der Waals surface area contributed by atoms with E-state index >= 15 is 0 Å². The molecule has 0 aromatic rings. The number of carbonyl (C=O) groups excluding carboxylic acids is 3. The van der Waals surface area contributed by atoms with E-state index in [0.29, 0.717) is 25.1 Å². The molecule has 0 fully saturated rings. The first-order valence-corrected chi connectivity index (χ1v) is 11.4. The van der Waals surface area contributed by atoms with Crippen LogP contribution in [-0.2, 0) is 19.1 Å². The fourth-order valence-corrected chi connectivity index (χ4v) is 3.14. The maximum atomic E-state index is 13.0. The lowest BCUT2D eigenvalue weighted by molar-refractivity contribution is -0.146. The number of thiol groups is 1. The Kier molecular flexibility index (Phi) is 14.0. The molecule has 0 aromatic carbocycles. The Morgan fingerprint density at radius 1 is 1.00 bits per heavy atom. The van der Waals surface area contributed by atoms with Crippen molar-refractivity contribution in [2.45, 2.75) is 78.6 Å².